The quantitative estimate of drug-likeness (QED) is 0.409. The highest BCUT2D eigenvalue weighted by Crippen LogP contribution is 2.37. The summed E-state index contributed by atoms with van der Waals surface area (Å²) in [7, 11) is 0. The van der Waals surface area contributed by atoms with Gasteiger partial charge in [-0.05, 0) is 38.5 Å². The van der Waals surface area contributed by atoms with Crippen molar-refractivity contribution in [2.24, 2.45) is 5.92 Å². The number of hydrogen-bond donors (Lipinski definition) is 1. The smallest absolute Gasteiger partial charge is 0.333 e. The van der Waals surface area contributed by atoms with E-state index in [1.807, 2.05) is 0 Å². The number of amides is 4. The third-order valence-corrected chi connectivity index (χ3v) is 6.79. The van der Waals surface area contributed by atoms with Gasteiger partial charge in [0, 0.05) is 13.1 Å². The number of imide groups is 1. The zero-order valence-corrected chi connectivity index (χ0v) is 17.2. The van der Waals surface area contributed by atoms with Crippen LogP contribution < -0.4 is 5.32 Å². The number of carbonyl (C=O) groups is 4. The molecule has 28 heavy (non-hydrogen) atoms. The van der Waals surface area contributed by atoms with Gasteiger partial charge >= 0.3 is 12.0 Å². The van der Waals surface area contributed by atoms with Gasteiger partial charge in [0.1, 0.15) is 5.54 Å². The van der Waals surface area contributed by atoms with Gasteiger partial charge in [-0.2, -0.15) is 0 Å². The van der Waals surface area contributed by atoms with Crippen LogP contribution in [-0.4, -0.2) is 64.6 Å². The first-order chi connectivity index (χ1) is 13.4. The summed E-state index contributed by atoms with van der Waals surface area (Å²) < 4.78 is 4.90. The second-order valence-corrected chi connectivity index (χ2v) is 8.38. The zero-order chi connectivity index (χ0) is 20.3. The molecule has 2 saturated heterocycles. The fraction of sp³-hybridized carbons (Fsp3) is 0.684. The average molecular weight is 410 g/mol. The van der Waals surface area contributed by atoms with E-state index in [4.69, 9.17) is 4.74 Å². The number of hydrogen-bond acceptors (Lipinski definition) is 6. The first kappa shape index (κ1) is 20.7. The van der Waals surface area contributed by atoms with Crippen LogP contribution in [0.2, 0.25) is 0 Å². The van der Waals surface area contributed by atoms with Gasteiger partial charge in [-0.1, -0.05) is 25.1 Å². The lowest BCUT2D eigenvalue weighted by Gasteiger charge is -2.34. The standard InChI is InChI=1S/C19H27N3O5S/c1-3-13-5-7-19(8-6-13)17(25)22(18(26)20-19)10-9-21-14(23)12-28-15(21)11-16(24)27-4-2/h11,13H,3-10,12H2,1-2H3,(H,20,26)/b15-11-. The van der Waals surface area contributed by atoms with E-state index in [1.54, 1.807) is 6.92 Å². The molecule has 2 aliphatic heterocycles. The number of urea groups is 1. The molecule has 0 unspecified atom stereocenters. The van der Waals surface area contributed by atoms with Crippen LogP contribution >= 0.6 is 11.8 Å². The van der Waals surface area contributed by atoms with Crippen molar-refractivity contribution in [2.45, 2.75) is 51.5 Å². The van der Waals surface area contributed by atoms with E-state index < -0.39 is 17.5 Å². The summed E-state index contributed by atoms with van der Waals surface area (Å²) in [6, 6.07) is -0.393. The number of nitrogens with zero attached hydrogens (tertiary/aromatic N) is 2. The maximum Gasteiger partial charge on any atom is 0.333 e. The minimum Gasteiger partial charge on any atom is -0.463 e. The van der Waals surface area contributed by atoms with Crippen LogP contribution in [0.4, 0.5) is 4.79 Å². The Morgan fingerprint density at radius 3 is 2.54 bits per heavy atom. The molecule has 9 heteroatoms. The van der Waals surface area contributed by atoms with Crippen molar-refractivity contribution in [2.75, 3.05) is 25.4 Å². The van der Waals surface area contributed by atoms with E-state index in [9.17, 15) is 19.2 Å². The molecule has 1 saturated carbocycles. The molecule has 3 rings (SSSR count). The Morgan fingerprint density at radius 1 is 1.21 bits per heavy atom. The van der Waals surface area contributed by atoms with E-state index in [2.05, 4.69) is 12.2 Å². The Hall–Kier alpha value is -2.03. The van der Waals surface area contributed by atoms with E-state index in [0.717, 1.165) is 19.3 Å². The first-order valence-corrected chi connectivity index (χ1v) is 10.8. The summed E-state index contributed by atoms with van der Waals surface area (Å²) in [5.74, 6) is -0.00755. The summed E-state index contributed by atoms with van der Waals surface area (Å²) in [4.78, 5) is 51.9. The Bertz CT molecular complexity index is 700. The predicted molar refractivity (Wildman–Crippen MR) is 104 cm³/mol. The van der Waals surface area contributed by atoms with Gasteiger partial charge in [-0.25, -0.2) is 9.59 Å². The lowest BCUT2D eigenvalue weighted by Crippen LogP contribution is -2.49. The van der Waals surface area contributed by atoms with Crippen LogP contribution in [0.1, 0.15) is 46.0 Å². The Balaban J connectivity index is 1.63. The minimum absolute atomic E-state index is 0.107. The fourth-order valence-corrected chi connectivity index (χ4v) is 5.01. The van der Waals surface area contributed by atoms with Gasteiger partial charge in [-0.3, -0.25) is 14.5 Å². The lowest BCUT2D eigenvalue weighted by atomic mass is 9.75. The number of thioether (sulfide) groups is 1. The molecule has 3 fully saturated rings. The van der Waals surface area contributed by atoms with Crippen LogP contribution in [0.25, 0.3) is 0 Å². The first-order valence-electron chi connectivity index (χ1n) is 9.86. The van der Waals surface area contributed by atoms with Gasteiger partial charge < -0.3 is 15.0 Å². The summed E-state index contributed by atoms with van der Waals surface area (Å²) in [5, 5.41) is 3.39. The van der Waals surface area contributed by atoms with Gasteiger partial charge in [0.15, 0.2) is 0 Å². The molecule has 0 aromatic rings. The number of carbonyl (C=O) groups excluding carboxylic acids is 4. The van der Waals surface area contributed by atoms with Crippen molar-refractivity contribution >= 4 is 35.6 Å². The Labute approximate surface area is 169 Å². The molecule has 1 aliphatic carbocycles. The summed E-state index contributed by atoms with van der Waals surface area (Å²) >= 11 is 1.25. The van der Waals surface area contributed by atoms with Gasteiger partial charge in [0.25, 0.3) is 5.91 Å². The maximum absolute atomic E-state index is 13.0. The highest BCUT2D eigenvalue weighted by atomic mass is 32.2. The van der Waals surface area contributed by atoms with Crippen molar-refractivity contribution in [3.05, 3.63) is 11.1 Å². The number of rotatable bonds is 6. The van der Waals surface area contributed by atoms with E-state index in [1.165, 1.54) is 27.6 Å². The number of ether oxygens (including phenoxy) is 1. The third-order valence-electron chi connectivity index (χ3n) is 5.77. The second kappa shape index (κ2) is 8.55. The molecule has 0 aromatic carbocycles. The molecule has 0 atom stereocenters. The number of nitrogens with one attached hydrogen (secondary N) is 1. The lowest BCUT2D eigenvalue weighted by molar-refractivity contribution is -0.137. The molecule has 1 N–H and O–H groups in total. The van der Waals surface area contributed by atoms with Gasteiger partial charge in [0.05, 0.1) is 23.5 Å². The SMILES string of the molecule is CCOC(=O)/C=C1\SCC(=O)N1CCN1C(=O)NC2(CCC(CC)CC2)C1=O. The molecule has 0 radical (unpaired) electrons. The summed E-state index contributed by atoms with van der Waals surface area (Å²) in [5.41, 5.74) is -0.782. The highest BCUT2D eigenvalue weighted by molar-refractivity contribution is 8.04. The van der Waals surface area contributed by atoms with Crippen molar-refractivity contribution in [1.29, 1.82) is 0 Å². The third kappa shape index (κ3) is 4.04. The van der Waals surface area contributed by atoms with Crippen LogP contribution in [0.3, 0.4) is 0 Å². The van der Waals surface area contributed by atoms with Crippen molar-refractivity contribution < 1.29 is 23.9 Å². The van der Waals surface area contributed by atoms with Crippen LogP contribution in [0, 0.1) is 5.92 Å². The number of esters is 1. The van der Waals surface area contributed by atoms with E-state index in [0.29, 0.717) is 23.8 Å². The largest absolute Gasteiger partial charge is 0.463 e. The van der Waals surface area contributed by atoms with Crippen LogP contribution in [-0.2, 0) is 19.1 Å². The van der Waals surface area contributed by atoms with Crippen LogP contribution in [0.15, 0.2) is 11.1 Å². The van der Waals surface area contributed by atoms with Crippen molar-refractivity contribution in [3.8, 4) is 0 Å². The maximum atomic E-state index is 13.0. The highest BCUT2D eigenvalue weighted by Gasteiger charge is 2.52. The van der Waals surface area contributed by atoms with E-state index in [-0.39, 0.29) is 37.3 Å². The molecule has 3 aliphatic rings. The topological polar surface area (TPSA) is 96.0 Å². The minimum atomic E-state index is -0.782. The van der Waals surface area contributed by atoms with Crippen molar-refractivity contribution in [1.82, 2.24) is 15.1 Å². The summed E-state index contributed by atoms with van der Waals surface area (Å²) in [6.45, 7) is 4.39. The molecule has 4 amide bonds. The molecule has 0 aromatic heterocycles. The molecule has 1 spiro atoms. The molecule has 8 nitrogen and oxygen atoms in total. The monoisotopic (exact) mass is 409 g/mol. The molecule has 2 heterocycles. The summed E-state index contributed by atoms with van der Waals surface area (Å²) in [6.07, 6.45) is 5.58. The molecular formula is C19H27N3O5S. The normalized spacial score (nSPS) is 29.1. The zero-order valence-electron chi connectivity index (χ0n) is 16.4. The van der Waals surface area contributed by atoms with E-state index >= 15 is 0 Å². The average Bonchev–Trinajstić information content (AvgIpc) is 3.12. The molecule has 154 valence electrons. The second-order valence-electron chi connectivity index (χ2n) is 7.39. The van der Waals surface area contributed by atoms with Gasteiger partial charge in [-0.15, -0.1) is 0 Å². The predicted octanol–water partition coefficient (Wildman–Crippen LogP) is 1.86. The molecular weight excluding hydrogens is 382 g/mol. The Kier molecular flexibility index (Phi) is 6.32. The van der Waals surface area contributed by atoms with Crippen LogP contribution in [0.5, 0.6) is 0 Å². The fourth-order valence-electron chi connectivity index (χ4n) is 4.05. The molecule has 0 bridgehead atoms. The van der Waals surface area contributed by atoms with Crippen molar-refractivity contribution in [3.63, 3.8) is 0 Å². The van der Waals surface area contributed by atoms with Gasteiger partial charge in [0.2, 0.25) is 5.91 Å². The Morgan fingerprint density at radius 2 is 1.89 bits per heavy atom.